The summed E-state index contributed by atoms with van der Waals surface area (Å²) in [5.74, 6) is -1.09. The van der Waals surface area contributed by atoms with Gasteiger partial charge in [-0.05, 0) is 78.8 Å². The molecule has 0 aromatic heterocycles. The Labute approximate surface area is 254 Å². The van der Waals surface area contributed by atoms with E-state index in [1.165, 1.54) is 30.7 Å². The van der Waals surface area contributed by atoms with Crippen molar-refractivity contribution in [1.82, 2.24) is 0 Å². The van der Waals surface area contributed by atoms with Crippen molar-refractivity contribution in [1.29, 1.82) is 0 Å². The van der Waals surface area contributed by atoms with E-state index in [0.717, 1.165) is 49.4 Å². The number of rotatable bonds is 10. The lowest BCUT2D eigenvalue weighted by atomic mass is 10.0. The minimum absolute atomic E-state index is 0.0181. The van der Waals surface area contributed by atoms with Crippen LogP contribution in [0.4, 0.5) is 17.1 Å². The third-order valence-electron chi connectivity index (χ3n) is 7.46. The van der Waals surface area contributed by atoms with Gasteiger partial charge in [-0.25, -0.2) is 9.80 Å². The lowest BCUT2D eigenvalue weighted by Gasteiger charge is -2.34. The standard InChI is InChI=1S/C34H34BrN3O4/c1-42-32-21-26(29(35)23-28(32)34(40)41)22-33(39)38(31-13-7-6-12-30(31)37-18-8-3-9-19-37)36-27-16-14-25(15-17-27)20-24-10-4-2-5-11-24/h2,4-7,10-17,21,23,36H,3,8-9,18-20,22H2,1H3,(H,40,41). The number of carbonyl (C=O) groups is 2. The number of amides is 1. The molecule has 1 amide bonds. The van der Waals surface area contributed by atoms with E-state index in [1.54, 1.807) is 11.1 Å². The van der Waals surface area contributed by atoms with E-state index in [1.807, 2.05) is 48.5 Å². The van der Waals surface area contributed by atoms with Crippen molar-refractivity contribution in [3.05, 3.63) is 118 Å². The number of benzene rings is 4. The van der Waals surface area contributed by atoms with Gasteiger partial charge in [-0.1, -0.05) is 70.5 Å². The van der Waals surface area contributed by atoms with Crippen molar-refractivity contribution < 1.29 is 19.4 Å². The summed E-state index contributed by atoms with van der Waals surface area (Å²) in [7, 11) is 1.42. The molecule has 1 aliphatic rings. The number of piperidine rings is 1. The van der Waals surface area contributed by atoms with Crippen LogP contribution in [0.15, 0.2) is 95.5 Å². The number of nitrogens with one attached hydrogen (secondary N) is 1. The number of carbonyl (C=O) groups excluding carboxylic acids is 1. The first-order valence-electron chi connectivity index (χ1n) is 14.1. The fourth-order valence-corrected chi connectivity index (χ4v) is 5.76. The van der Waals surface area contributed by atoms with Gasteiger partial charge in [0.1, 0.15) is 11.3 Å². The van der Waals surface area contributed by atoms with Gasteiger partial charge in [0.2, 0.25) is 5.91 Å². The number of halogens is 1. The highest BCUT2D eigenvalue weighted by Gasteiger charge is 2.25. The number of hydrazine groups is 1. The van der Waals surface area contributed by atoms with Crippen LogP contribution in [0.1, 0.15) is 46.3 Å². The van der Waals surface area contributed by atoms with Crippen molar-refractivity contribution in [2.45, 2.75) is 32.1 Å². The largest absolute Gasteiger partial charge is 0.496 e. The average molecular weight is 629 g/mol. The van der Waals surface area contributed by atoms with Crippen LogP contribution < -0.4 is 20.1 Å². The topological polar surface area (TPSA) is 82.1 Å². The summed E-state index contributed by atoms with van der Waals surface area (Å²) in [6, 6.07) is 29.5. The van der Waals surface area contributed by atoms with Gasteiger partial charge in [-0.3, -0.25) is 10.2 Å². The minimum Gasteiger partial charge on any atom is -0.496 e. The molecule has 0 aliphatic carbocycles. The van der Waals surface area contributed by atoms with E-state index in [9.17, 15) is 14.7 Å². The highest BCUT2D eigenvalue weighted by Crippen LogP contribution is 2.34. The van der Waals surface area contributed by atoms with Gasteiger partial charge in [0.05, 0.1) is 30.6 Å². The van der Waals surface area contributed by atoms with Crippen LogP contribution in [0.5, 0.6) is 5.75 Å². The zero-order valence-corrected chi connectivity index (χ0v) is 25.1. The Morgan fingerprint density at radius 2 is 1.57 bits per heavy atom. The summed E-state index contributed by atoms with van der Waals surface area (Å²) >= 11 is 3.47. The second kappa shape index (κ2) is 13.6. The first kappa shape index (κ1) is 29.2. The summed E-state index contributed by atoms with van der Waals surface area (Å²) in [6.45, 7) is 1.87. The Balaban J connectivity index is 1.46. The zero-order valence-electron chi connectivity index (χ0n) is 23.6. The van der Waals surface area contributed by atoms with E-state index in [2.05, 4.69) is 56.6 Å². The molecule has 42 heavy (non-hydrogen) atoms. The van der Waals surface area contributed by atoms with Gasteiger partial charge in [0, 0.05) is 17.6 Å². The van der Waals surface area contributed by atoms with Gasteiger partial charge in [0.25, 0.3) is 0 Å². The number of aromatic carboxylic acids is 1. The Kier molecular flexibility index (Phi) is 9.44. The lowest BCUT2D eigenvalue weighted by Crippen LogP contribution is -2.39. The maximum absolute atomic E-state index is 14.1. The van der Waals surface area contributed by atoms with E-state index in [-0.39, 0.29) is 23.6 Å². The van der Waals surface area contributed by atoms with Crippen molar-refractivity contribution in [2.24, 2.45) is 0 Å². The zero-order chi connectivity index (χ0) is 29.5. The third kappa shape index (κ3) is 6.94. The van der Waals surface area contributed by atoms with Gasteiger partial charge >= 0.3 is 5.97 Å². The summed E-state index contributed by atoms with van der Waals surface area (Å²) in [4.78, 5) is 28.1. The normalized spacial score (nSPS) is 13.0. The molecule has 0 spiro atoms. The smallest absolute Gasteiger partial charge is 0.339 e. The maximum atomic E-state index is 14.1. The molecule has 1 heterocycles. The fourth-order valence-electron chi connectivity index (χ4n) is 5.28. The molecule has 0 bridgehead atoms. The number of para-hydroxylation sites is 2. The summed E-state index contributed by atoms with van der Waals surface area (Å²) in [6.07, 6.45) is 4.27. The number of hydrogen-bond donors (Lipinski definition) is 2. The van der Waals surface area contributed by atoms with Gasteiger partial charge in [-0.15, -0.1) is 0 Å². The summed E-state index contributed by atoms with van der Waals surface area (Å²) in [5.41, 5.74) is 8.99. The molecule has 216 valence electrons. The monoisotopic (exact) mass is 627 g/mol. The highest BCUT2D eigenvalue weighted by atomic mass is 79.9. The van der Waals surface area contributed by atoms with Crippen LogP contribution >= 0.6 is 15.9 Å². The Morgan fingerprint density at radius 1 is 0.905 bits per heavy atom. The summed E-state index contributed by atoms with van der Waals surface area (Å²) < 4.78 is 5.86. The minimum atomic E-state index is -1.10. The number of ether oxygens (including phenoxy) is 1. The molecule has 4 aromatic rings. The predicted octanol–water partition coefficient (Wildman–Crippen LogP) is 7.34. The number of methoxy groups -OCH3 is 1. The van der Waals surface area contributed by atoms with E-state index in [4.69, 9.17) is 4.74 Å². The van der Waals surface area contributed by atoms with Gasteiger partial charge in [0.15, 0.2) is 0 Å². The van der Waals surface area contributed by atoms with Gasteiger partial charge in [-0.2, -0.15) is 0 Å². The molecule has 8 heteroatoms. The molecule has 4 aromatic carbocycles. The molecule has 0 unspecified atom stereocenters. The van der Waals surface area contributed by atoms with Crippen LogP contribution in [-0.2, 0) is 17.6 Å². The first-order chi connectivity index (χ1) is 20.4. The van der Waals surface area contributed by atoms with Crippen molar-refractivity contribution in [3.63, 3.8) is 0 Å². The van der Waals surface area contributed by atoms with Crippen molar-refractivity contribution in [3.8, 4) is 5.75 Å². The average Bonchev–Trinajstić information content (AvgIpc) is 3.02. The predicted molar refractivity (Wildman–Crippen MR) is 171 cm³/mol. The number of hydrogen-bond acceptors (Lipinski definition) is 5. The number of carboxylic acids is 1. The van der Waals surface area contributed by atoms with Gasteiger partial charge < -0.3 is 14.7 Å². The SMILES string of the molecule is COc1cc(CC(=O)N(Nc2ccc(Cc3ccccc3)cc2)c2ccccc2N2CCCCC2)c(Br)cc1C(=O)O. The van der Waals surface area contributed by atoms with Crippen LogP contribution in [0.3, 0.4) is 0 Å². The molecular weight excluding hydrogens is 594 g/mol. The van der Waals surface area contributed by atoms with E-state index in [0.29, 0.717) is 10.0 Å². The van der Waals surface area contributed by atoms with Crippen LogP contribution in [0.25, 0.3) is 0 Å². The maximum Gasteiger partial charge on any atom is 0.339 e. The molecule has 0 atom stereocenters. The molecule has 5 rings (SSSR count). The van der Waals surface area contributed by atoms with Crippen LogP contribution in [0.2, 0.25) is 0 Å². The number of nitrogens with zero attached hydrogens (tertiary/aromatic N) is 2. The fraction of sp³-hybridized carbons (Fsp3) is 0.235. The molecule has 1 fully saturated rings. The molecular formula is C34H34BrN3O4. The van der Waals surface area contributed by atoms with E-state index >= 15 is 0 Å². The molecule has 1 saturated heterocycles. The van der Waals surface area contributed by atoms with Crippen molar-refractivity contribution >= 4 is 44.9 Å². The number of carboxylic acid groups (broad SMARTS) is 1. The second-order valence-corrected chi connectivity index (χ2v) is 11.2. The number of anilines is 3. The molecule has 1 aliphatic heterocycles. The quantitative estimate of drug-likeness (QED) is 0.179. The Bertz CT molecular complexity index is 1540. The molecule has 2 N–H and O–H groups in total. The van der Waals surface area contributed by atoms with E-state index < -0.39 is 5.97 Å². The summed E-state index contributed by atoms with van der Waals surface area (Å²) in [5, 5.41) is 11.2. The van der Waals surface area contributed by atoms with Crippen LogP contribution in [-0.4, -0.2) is 37.2 Å². The lowest BCUT2D eigenvalue weighted by molar-refractivity contribution is -0.117. The molecule has 7 nitrogen and oxygen atoms in total. The second-order valence-electron chi connectivity index (χ2n) is 10.4. The molecule has 0 saturated carbocycles. The third-order valence-corrected chi connectivity index (χ3v) is 8.19. The molecule has 0 radical (unpaired) electrons. The Hall–Kier alpha value is -4.30. The first-order valence-corrected chi connectivity index (χ1v) is 14.9. The Morgan fingerprint density at radius 3 is 2.26 bits per heavy atom. The van der Waals surface area contributed by atoms with Crippen LogP contribution in [0, 0.1) is 0 Å². The highest BCUT2D eigenvalue weighted by molar-refractivity contribution is 9.10. The van der Waals surface area contributed by atoms with Crippen molar-refractivity contribution in [2.75, 3.05) is 35.5 Å².